The van der Waals surface area contributed by atoms with Crippen LogP contribution in [0.5, 0.6) is 0 Å². The lowest BCUT2D eigenvalue weighted by atomic mass is 10.2. The number of hydrogen-bond donors (Lipinski definition) is 2. The Labute approximate surface area is 141 Å². The van der Waals surface area contributed by atoms with Crippen LogP contribution in [0.25, 0.3) is 0 Å². The molecule has 24 heavy (non-hydrogen) atoms. The predicted molar refractivity (Wildman–Crippen MR) is 85.1 cm³/mol. The molecular weight excluding hydrogens is 348 g/mol. The van der Waals surface area contributed by atoms with Gasteiger partial charge >= 0.3 is 6.18 Å². The highest BCUT2D eigenvalue weighted by Crippen LogP contribution is 2.31. The summed E-state index contributed by atoms with van der Waals surface area (Å²) in [6, 6.07) is 4.29. The number of hydrogen-bond acceptors (Lipinski definition) is 4. The van der Waals surface area contributed by atoms with E-state index in [0.717, 1.165) is 6.07 Å². The summed E-state index contributed by atoms with van der Waals surface area (Å²) in [5.74, 6) is -1.04. The van der Waals surface area contributed by atoms with E-state index in [0.29, 0.717) is 12.5 Å². The predicted octanol–water partition coefficient (Wildman–Crippen LogP) is 5.24. The van der Waals surface area contributed by atoms with E-state index in [1.54, 1.807) is 6.92 Å². The lowest BCUT2D eigenvalue weighted by Crippen LogP contribution is -2.18. The van der Waals surface area contributed by atoms with Gasteiger partial charge in [0.25, 0.3) is 0 Å². The molecule has 1 heterocycles. The Bertz CT molecular complexity index is 721. The van der Waals surface area contributed by atoms with Crippen LogP contribution in [0.15, 0.2) is 24.3 Å². The van der Waals surface area contributed by atoms with Crippen LogP contribution >= 0.6 is 11.6 Å². The summed E-state index contributed by atoms with van der Waals surface area (Å²) in [5.41, 5.74) is -1.21. The zero-order chi connectivity index (χ0) is 17.9. The standard InChI is InChI=1S/C15H15ClF4N4/c1-3-8(2)21-14-23-12(15(18,19)20)7-13(24-14)22-11-6-9(16)4-5-10(11)17/h4-8H,3H2,1-2H3,(H2,21,22,23,24)/t8-/m0/s1. The van der Waals surface area contributed by atoms with Gasteiger partial charge in [-0.15, -0.1) is 0 Å². The molecule has 0 radical (unpaired) electrons. The van der Waals surface area contributed by atoms with Gasteiger partial charge in [-0.05, 0) is 31.5 Å². The van der Waals surface area contributed by atoms with Crippen LogP contribution in [-0.2, 0) is 6.18 Å². The molecule has 0 aliphatic rings. The Morgan fingerprint density at radius 3 is 2.54 bits per heavy atom. The van der Waals surface area contributed by atoms with Crippen LogP contribution in [0.4, 0.5) is 35.0 Å². The van der Waals surface area contributed by atoms with Gasteiger partial charge in [0.15, 0.2) is 5.69 Å². The number of anilines is 3. The molecule has 4 nitrogen and oxygen atoms in total. The van der Waals surface area contributed by atoms with E-state index < -0.39 is 17.7 Å². The molecule has 0 saturated carbocycles. The second kappa shape index (κ2) is 7.21. The van der Waals surface area contributed by atoms with E-state index in [2.05, 4.69) is 20.6 Å². The monoisotopic (exact) mass is 362 g/mol. The minimum absolute atomic E-state index is 0.0798. The molecule has 1 aromatic carbocycles. The summed E-state index contributed by atoms with van der Waals surface area (Å²) in [5, 5.41) is 5.52. The van der Waals surface area contributed by atoms with Crippen LogP contribution in [0.1, 0.15) is 26.0 Å². The van der Waals surface area contributed by atoms with Crippen molar-refractivity contribution in [2.75, 3.05) is 10.6 Å². The summed E-state index contributed by atoms with van der Waals surface area (Å²) in [6.45, 7) is 3.65. The lowest BCUT2D eigenvalue weighted by Gasteiger charge is -2.15. The molecule has 2 aromatic rings. The van der Waals surface area contributed by atoms with Crippen molar-refractivity contribution in [3.8, 4) is 0 Å². The summed E-state index contributed by atoms with van der Waals surface area (Å²) < 4.78 is 52.8. The third-order valence-electron chi connectivity index (χ3n) is 3.20. The molecule has 2 rings (SSSR count). The molecule has 2 N–H and O–H groups in total. The maximum atomic E-state index is 13.8. The van der Waals surface area contributed by atoms with E-state index in [-0.39, 0.29) is 28.5 Å². The number of alkyl halides is 3. The van der Waals surface area contributed by atoms with Crippen LogP contribution < -0.4 is 10.6 Å². The SMILES string of the molecule is CC[C@H](C)Nc1nc(Nc2cc(Cl)ccc2F)cc(C(F)(F)F)n1. The lowest BCUT2D eigenvalue weighted by molar-refractivity contribution is -0.141. The number of nitrogens with one attached hydrogen (secondary N) is 2. The van der Waals surface area contributed by atoms with Crippen molar-refractivity contribution in [2.45, 2.75) is 32.5 Å². The zero-order valence-electron chi connectivity index (χ0n) is 12.9. The van der Waals surface area contributed by atoms with Crippen LogP contribution in [0, 0.1) is 5.82 Å². The molecule has 0 bridgehead atoms. The Morgan fingerprint density at radius 1 is 1.21 bits per heavy atom. The average molecular weight is 363 g/mol. The fourth-order valence-electron chi connectivity index (χ4n) is 1.77. The van der Waals surface area contributed by atoms with Gasteiger partial charge in [-0.25, -0.2) is 9.37 Å². The smallest absolute Gasteiger partial charge is 0.352 e. The van der Waals surface area contributed by atoms with E-state index in [9.17, 15) is 17.6 Å². The number of halogens is 5. The van der Waals surface area contributed by atoms with Gasteiger partial charge in [0.1, 0.15) is 11.6 Å². The van der Waals surface area contributed by atoms with Crippen molar-refractivity contribution in [3.05, 3.63) is 40.8 Å². The van der Waals surface area contributed by atoms with E-state index in [4.69, 9.17) is 11.6 Å². The third kappa shape index (κ3) is 4.70. The third-order valence-corrected chi connectivity index (χ3v) is 3.43. The van der Waals surface area contributed by atoms with Crippen molar-refractivity contribution in [3.63, 3.8) is 0 Å². The summed E-state index contributed by atoms with van der Waals surface area (Å²) >= 11 is 5.77. The molecule has 0 fully saturated rings. The first kappa shape index (κ1) is 18.3. The zero-order valence-corrected chi connectivity index (χ0v) is 13.6. The van der Waals surface area contributed by atoms with Crippen LogP contribution in [0.2, 0.25) is 5.02 Å². The number of aromatic nitrogens is 2. The molecule has 0 spiro atoms. The summed E-state index contributed by atoms with van der Waals surface area (Å²) in [4.78, 5) is 7.42. The summed E-state index contributed by atoms with van der Waals surface area (Å²) in [7, 11) is 0. The normalized spacial score (nSPS) is 12.8. The van der Waals surface area contributed by atoms with Crippen molar-refractivity contribution in [1.82, 2.24) is 9.97 Å². The topological polar surface area (TPSA) is 49.8 Å². The Morgan fingerprint density at radius 2 is 1.92 bits per heavy atom. The van der Waals surface area contributed by atoms with Crippen LogP contribution in [-0.4, -0.2) is 16.0 Å². The molecule has 130 valence electrons. The number of rotatable bonds is 5. The van der Waals surface area contributed by atoms with Gasteiger partial charge in [-0.2, -0.15) is 18.2 Å². The Hall–Kier alpha value is -2.09. The van der Waals surface area contributed by atoms with Crippen molar-refractivity contribution < 1.29 is 17.6 Å². The average Bonchev–Trinajstić information content (AvgIpc) is 2.49. The van der Waals surface area contributed by atoms with Gasteiger partial charge < -0.3 is 10.6 Å². The highest BCUT2D eigenvalue weighted by atomic mass is 35.5. The molecule has 9 heteroatoms. The van der Waals surface area contributed by atoms with Gasteiger partial charge in [0, 0.05) is 17.1 Å². The minimum Gasteiger partial charge on any atom is -0.352 e. The minimum atomic E-state index is -4.65. The second-order valence-corrected chi connectivity index (χ2v) is 5.60. The first-order valence-corrected chi connectivity index (χ1v) is 7.51. The van der Waals surface area contributed by atoms with Crippen molar-refractivity contribution in [1.29, 1.82) is 0 Å². The van der Waals surface area contributed by atoms with E-state index in [1.807, 2.05) is 6.92 Å². The first-order chi connectivity index (χ1) is 11.2. The number of nitrogens with zero attached hydrogens (tertiary/aromatic N) is 2. The van der Waals surface area contributed by atoms with Crippen molar-refractivity contribution >= 4 is 29.1 Å². The highest BCUT2D eigenvalue weighted by molar-refractivity contribution is 6.30. The fraction of sp³-hybridized carbons (Fsp3) is 0.333. The maximum Gasteiger partial charge on any atom is 0.433 e. The molecule has 0 aliphatic heterocycles. The fourth-order valence-corrected chi connectivity index (χ4v) is 1.95. The van der Waals surface area contributed by atoms with Crippen LogP contribution in [0.3, 0.4) is 0 Å². The Balaban J connectivity index is 2.40. The highest BCUT2D eigenvalue weighted by Gasteiger charge is 2.34. The molecule has 0 aliphatic carbocycles. The maximum absolute atomic E-state index is 13.8. The van der Waals surface area contributed by atoms with Gasteiger partial charge in [0.05, 0.1) is 5.69 Å². The Kier molecular flexibility index (Phi) is 5.48. The quantitative estimate of drug-likeness (QED) is 0.714. The van der Waals surface area contributed by atoms with Gasteiger partial charge in [-0.1, -0.05) is 18.5 Å². The molecule has 1 aromatic heterocycles. The largest absolute Gasteiger partial charge is 0.433 e. The van der Waals surface area contributed by atoms with E-state index >= 15 is 0 Å². The van der Waals surface area contributed by atoms with Gasteiger partial charge in [0.2, 0.25) is 5.95 Å². The molecular formula is C15H15ClF4N4. The van der Waals surface area contributed by atoms with Crippen molar-refractivity contribution in [2.24, 2.45) is 0 Å². The molecule has 0 amide bonds. The summed E-state index contributed by atoms with van der Waals surface area (Å²) in [6.07, 6.45) is -3.98. The second-order valence-electron chi connectivity index (χ2n) is 5.16. The van der Waals surface area contributed by atoms with Gasteiger partial charge in [-0.3, -0.25) is 0 Å². The van der Waals surface area contributed by atoms with E-state index in [1.165, 1.54) is 12.1 Å². The number of benzene rings is 1. The molecule has 0 saturated heterocycles. The first-order valence-electron chi connectivity index (χ1n) is 7.14. The molecule has 1 atom stereocenters. The molecule has 0 unspecified atom stereocenters.